The van der Waals surface area contributed by atoms with Gasteiger partial charge in [0.1, 0.15) is 5.82 Å². The summed E-state index contributed by atoms with van der Waals surface area (Å²) in [6.45, 7) is 2.08. The number of nitrogens with zero attached hydrogens (tertiary/aromatic N) is 1. The predicted molar refractivity (Wildman–Crippen MR) is 102 cm³/mol. The number of thioether (sulfide) groups is 1. The van der Waals surface area contributed by atoms with Crippen molar-refractivity contribution in [1.29, 1.82) is 0 Å². The summed E-state index contributed by atoms with van der Waals surface area (Å²) in [6.07, 6.45) is 1.96. The van der Waals surface area contributed by atoms with Crippen LogP contribution in [0, 0.1) is 0 Å². The Kier molecular flexibility index (Phi) is 5.72. The maximum atomic E-state index is 12.6. The molecular weight excluding hydrogens is 352 g/mol. The van der Waals surface area contributed by atoms with Crippen molar-refractivity contribution in [3.8, 4) is 0 Å². The molecule has 0 saturated heterocycles. The van der Waals surface area contributed by atoms with Crippen molar-refractivity contribution >= 4 is 35.1 Å². The average Bonchev–Trinajstić information content (AvgIpc) is 2.61. The maximum absolute atomic E-state index is 12.6. The Bertz CT molecular complexity index is 866. The van der Waals surface area contributed by atoms with Gasteiger partial charge < -0.3 is 15.6 Å². The summed E-state index contributed by atoms with van der Waals surface area (Å²) in [6, 6.07) is 8.93. The molecule has 8 heteroatoms. The summed E-state index contributed by atoms with van der Waals surface area (Å²) >= 11 is 1.43. The second-order valence-electron chi connectivity index (χ2n) is 6.00. The number of para-hydroxylation sites is 1. The van der Waals surface area contributed by atoms with Crippen LogP contribution in [0.1, 0.15) is 37.7 Å². The van der Waals surface area contributed by atoms with Gasteiger partial charge >= 0.3 is 0 Å². The zero-order chi connectivity index (χ0) is 18.5. The van der Waals surface area contributed by atoms with E-state index in [-0.39, 0.29) is 29.3 Å². The largest absolute Gasteiger partial charge is 0.326 e. The zero-order valence-electron chi connectivity index (χ0n) is 14.4. The molecule has 0 aliphatic carbocycles. The molecule has 136 valence electrons. The van der Waals surface area contributed by atoms with Crippen LogP contribution in [-0.4, -0.2) is 27.5 Å². The summed E-state index contributed by atoms with van der Waals surface area (Å²) in [7, 11) is 0. The number of nitrogens with one attached hydrogen (secondary N) is 3. The first-order valence-corrected chi connectivity index (χ1v) is 9.49. The number of anilines is 2. The minimum absolute atomic E-state index is 0.0846. The first-order chi connectivity index (χ1) is 12.6. The van der Waals surface area contributed by atoms with Gasteiger partial charge in [-0.15, -0.1) is 0 Å². The van der Waals surface area contributed by atoms with Gasteiger partial charge in [0, 0.05) is 17.9 Å². The minimum atomic E-state index is -0.870. The van der Waals surface area contributed by atoms with Crippen LogP contribution < -0.4 is 16.2 Å². The minimum Gasteiger partial charge on any atom is -0.326 e. The number of hydrogen-bond acceptors (Lipinski definition) is 5. The van der Waals surface area contributed by atoms with Gasteiger partial charge in [0.05, 0.1) is 11.5 Å². The van der Waals surface area contributed by atoms with E-state index in [0.717, 1.165) is 18.6 Å². The lowest BCUT2D eigenvalue weighted by molar-refractivity contribution is -0.123. The fraction of sp³-hybridized carbons (Fsp3) is 0.333. The van der Waals surface area contributed by atoms with E-state index in [2.05, 4.69) is 27.5 Å². The maximum Gasteiger partial charge on any atom is 0.257 e. The number of carbonyl (C=O) groups excluding carboxylic acids is 2. The topological polar surface area (TPSA) is 104 Å². The fourth-order valence-electron chi connectivity index (χ4n) is 2.71. The molecule has 0 radical (unpaired) electrons. The van der Waals surface area contributed by atoms with E-state index < -0.39 is 11.8 Å². The highest BCUT2D eigenvalue weighted by molar-refractivity contribution is 7.99. The van der Waals surface area contributed by atoms with Crippen molar-refractivity contribution in [2.45, 2.75) is 37.3 Å². The van der Waals surface area contributed by atoms with E-state index in [9.17, 15) is 14.4 Å². The first-order valence-electron chi connectivity index (χ1n) is 8.51. The van der Waals surface area contributed by atoms with Gasteiger partial charge in [-0.3, -0.25) is 14.4 Å². The summed E-state index contributed by atoms with van der Waals surface area (Å²) < 4.78 is 0. The number of H-pyrrole nitrogens is 1. The molecule has 26 heavy (non-hydrogen) atoms. The number of benzene rings is 1. The predicted octanol–water partition coefficient (Wildman–Crippen LogP) is 2.73. The van der Waals surface area contributed by atoms with Crippen LogP contribution in [0.25, 0.3) is 0 Å². The Hall–Kier alpha value is -2.61. The molecule has 0 spiro atoms. The highest BCUT2D eigenvalue weighted by atomic mass is 32.2. The number of aromatic amines is 1. The summed E-state index contributed by atoms with van der Waals surface area (Å²) in [5, 5.41) is 5.82. The molecular formula is C18H20N4O3S. The highest BCUT2D eigenvalue weighted by Crippen LogP contribution is 2.30. The van der Waals surface area contributed by atoms with Crippen LogP contribution in [-0.2, 0) is 9.59 Å². The van der Waals surface area contributed by atoms with Crippen molar-refractivity contribution in [2.75, 3.05) is 16.4 Å². The molecule has 0 unspecified atom stereocenters. The zero-order valence-corrected chi connectivity index (χ0v) is 15.2. The average molecular weight is 372 g/mol. The van der Waals surface area contributed by atoms with Gasteiger partial charge in [-0.25, -0.2) is 4.98 Å². The molecule has 1 aromatic heterocycles. The lowest BCUT2D eigenvalue weighted by Crippen LogP contribution is -2.36. The van der Waals surface area contributed by atoms with Gasteiger partial charge in [-0.1, -0.05) is 43.3 Å². The number of amides is 2. The Labute approximate surface area is 155 Å². The number of hydrogen-bond donors (Lipinski definition) is 3. The van der Waals surface area contributed by atoms with Gasteiger partial charge in [0.25, 0.3) is 5.56 Å². The van der Waals surface area contributed by atoms with Crippen LogP contribution >= 0.6 is 11.8 Å². The molecule has 0 bridgehead atoms. The van der Waals surface area contributed by atoms with Crippen molar-refractivity contribution in [2.24, 2.45) is 0 Å². The smallest absolute Gasteiger partial charge is 0.257 e. The van der Waals surface area contributed by atoms with Crippen molar-refractivity contribution in [3.63, 3.8) is 0 Å². The number of unbranched alkanes of at least 4 members (excludes halogenated alkanes) is 1. The Morgan fingerprint density at radius 2 is 2.08 bits per heavy atom. The van der Waals surface area contributed by atoms with Crippen LogP contribution in [0.5, 0.6) is 0 Å². The summed E-state index contributed by atoms with van der Waals surface area (Å²) in [5.41, 5.74) is 0.432. The monoisotopic (exact) mass is 372 g/mol. The fourth-order valence-corrected chi connectivity index (χ4v) is 3.65. The van der Waals surface area contributed by atoms with Crippen molar-refractivity contribution < 1.29 is 9.59 Å². The van der Waals surface area contributed by atoms with Gasteiger partial charge in [0.15, 0.2) is 5.16 Å². The standard InChI is InChI=1S/C18H20N4O3S/c1-2-3-9-26-18-21-15-14(17(25)22-18)12(10-13(23)20-15)16(24)19-11-7-5-4-6-8-11/h4-8,12H,2-3,9-10H2,1H3,(H,19,24)(H2,20,21,22,23,25)/t12-/m0/s1. The SMILES string of the molecule is CCCCSc1nc2c(c(=O)[nH]1)[C@@H](C(=O)Nc1ccccc1)CC(=O)N2. The molecule has 0 fully saturated rings. The van der Waals surface area contributed by atoms with Crippen LogP contribution in [0.2, 0.25) is 0 Å². The molecule has 1 aromatic carbocycles. The van der Waals surface area contributed by atoms with Gasteiger partial charge in [-0.05, 0) is 18.6 Å². The van der Waals surface area contributed by atoms with Crippen molar-refractivity contribution in [3.05, 3.63) is 46.2 Å². The molecule has 2 amide bonds. The Morgan fingerprint density at radius 1 is 1.31 bits per heavy atom. The van der Waals surface area contributed by atoms with Crippen molar-refractivity contribution in [1.82, 2.24) is 9.97 Å². The van der Waals surface area contributed by atoms with Gasteiger partial charge in [0.2, 0.25) is 11.8 Å². The molecule has 0 saturated carbocycles. The first kappa shape index (κ1) is 18.2. The molecule has 1 aliphatic rings. The van der Waals surface area contributed by atoms with E-state index >= 15 is 0 Å². The summed E-state index contributed by atoms with van der Waals surface area (Å²) in [4.78, 5) is 44.3. The van der Waals surface area contributed by atoms with Crippen LogP contribution in [0.4, 0.5) is 11.5 Å². The number of carbonyl (C=O) groups is 2. The molecule has 1 atom stereocenters. The molecule has 2 heterocycles. The van der Waals surface area contributed by atoms with E-state index in [4.69, 9.17) is 0 Å². The Morgan fingerprint density at radius 3 is 2.81 bits per heavy atom. The molecule has 7 nitrogen and oxygen atoms in total. The molecule has 3 N–H and O–H groups in total. The van der Waals surface area contributed by atoms with E-state index in [1.54, 1.807) is 24.3 Å². The van der Waals surface area contributed by atoms with Crippen LogP contribution in [0.15, 0.2) is 40.3 Å². The lowest BCUT2D eigenvalue weighted by atomic mass is 9.92. The lowest BCUT2D eigenvalue weighted by Gasteiger charge is -2.23. The molecule has 1 aliphatic heterocycles. The molecule has 2 aromatic rings. The number of rotatable bonds is 6. The number of aromatic nitrogens is 2. The molecule has 3 rings (SSSR count). The number of fused-ring (bicyclic) bond motifs is 1. The summed E-state index contributed by atoms with van der Waals surface area (Å²) in [5.74, 6) is -0.592. The van der Waals surface area contributed by atoms with E-state index in [0.29, 0.717) is 10.8 Å². The van der Waals surface area contributed by atoms with E-state index in [1.807, 2.05) is 6.07 Å². The second-order valence-corrected chi connectivity index (χ2v) is 7.08. The van der Waals surface area contributed by atoms with Crippen LogP contribution in [0.3, 0.4) is 0 Å². The van der Waals surface area contributed by atoms with Gasteiger partial charge in [-0.2, -0.15) is 0 Å². The highest BCUT2D eigenvalue weighted by Gasteiger charge is 2.34. The normalized spacial score (nSPS) is 15.9. The van der Waals surface area contributed by atoms with E-state index in [1.165, 1.54) is 11.8 Å². The second kappa shape index (κ2) is 8.18. The third-order valence-electron chi connectivity index (χ3n) is 4.02. The quantitative estimate of drug-likeness (QED) is 0.411. The Balaban J connectivity index is 1.87. The third-order valence-corrected chi connectivity index (χ3v) is 4.98. The third kappa shape index (κ3) is 4.13.